The van der Waals surface area contributed by atoms with Crippen LogP contribution in [0, 0.1) is 5.82 Å². The minimum Gasteiger partial charge on any atom is -0.505 e. The van der Waals surface area contributed by atoms with Gasteiger partial charge in [0.25, 0.3) is 0 Å². The third kappa shape index (κ3) is 2.90. The smallest absolute Gasteiger partial charge is 0.165 e. The van der Waals surface area contributed by atoms with Crippen molar-refractivity contribution in [3.8, 4) is 16.2 Å². The first kappa shape index (κ1) is 13.6. The maximum atomic E-state index is 13.3. The van der Waals surface area contributed by atoms with E-state index >= 15 is 0 Å². The highest BCUT2D eigenvalue weighted by Crippen LogP contribution is 2.32. The Balaban J connectivity index is 1.85. The van der Waals surface area contributed by atoms with Gasteiger partial charge >= 0.3 is 0 Å². The quantitative estimate of drug-likeness (QED) is 0.720. The largest absolute Gasteiger partial charge is 0.505 e. The minimum atomic E-state index is -0.596. The van der Waals surface area contributed by atoms with Crippen molar-refractivity contribution in [1.29, 1.82) is 0 Å². The molecule has 0 aliphatic carbocycles. The fourth-order valence-corrected chi connectivity index (χ4v) is 2.94. The molecular weight excluding hydrogens is 285 g/mol. The van der Waals surface area contributed by atoms with Crippen LogP contribution in [-0.4, -0.2) is 5.11 Å². The highest BCUT2D eigenvalue weighted by molar-refractivity contribution is 7.13. The Bertz CT molecular complexity index is 740. The van der Waals surface area contributed by atoms with E-state index in [0.717, 1.165) is 11.3 Å². The van der Waals surface area contributed by atoms with Gasteiger partial charge in [-0.1, -0.05) is 36.4 Å². The summed E-state index contributed by atoms with van der Waals surface area (Å²) in [6, 6.07) is 16.6. The number of benzene rings is 2. The number of nitrogens with one attached hydrogen (secondary N) is 1. The molecule has 0 radical (unpaired) electrons. The van der Waals surface area contributed by atoms with Gasteiger partial charge in [0, 0.05) is 28.2 Å². The molecule has 0 aliphatic heterocycles. The lowest BCUT2D eigenvalue weighted by atomic mass is 10.1. The van der Waals surface area contributed by atoms with E-state index in [-0.39, 0.29) is 5.75 Å². The average Bonchev–Trinajstić information content (AvgIpc) is 3.03. The molecule has 2 aromatic carbocycles. The van der Waals surface area contributed by atoms with Crippen LogP contribution in [0.25, 0.3) is 10.4 Å². The first-order chi connectivity index (χ1) is 10.3. The Kier molecular flexibility index (Phi) is 3.88. The molecule has 1 aromatic heterocycles. The molecule has 0 atom stereocenters. The summed E-state index contributed by atoms with van der Waals surface area (Å²) in [6.45, 7) is 0.367. The molecule has 0 spiro atoms. The van der Waals surface area contributed by atoms with Gasteiger partial charge in [-0.2, -0.15) is 0 Å². The third-order valence-electron chi connectivity index (χ3n) is 3.25. The molecule has 0 aliphatic rings. The lowest BCUT2D eigenvalue weighted by Gasteiger charge is -2.12. The van der Waals surface area contributed by atoms with Crippen molar-refractivity contribution < 1.29 is 9.50 Å². The van der Waals surface area contributed by atoms with Gasteiger partial charge in [0.1, 0.15) is 0 Å². The Morgan fingerprint density at radius 1 is 1.00 bits per heavy atom. The molecule has 21 heavy (non-hydrogen) atoms. The number of anilines is 1. The summed E-state index contributed by atoms with van der Waals surface area (Å²) in [4.78, 5) is 1.17. The van der Waals surface area contributed by atoms with Crippen LogP contribution in [0.15, 0.2) is 60.0 Å². The zero-order valence-corrected chi connectivity index (χ0v) is 12.0. The lowest BCUT2D eigenvalue weighted by molar-refractivity contribution is 0.427. The molecule has 0 saturated heterocycles. The van der Waals surface area contributed by atoms with E-state index in [0.29, 0.717) is 12.1 Å². The van der Waals surface area contributed by atoms with Gasteiger partial charge in [-0.25, -0.2) is 4.39 Å². The van der Waals surface area contributed by atoms with Gasteiger partial charge in [-0.15, -0.1) is 11.3 Å². The van der Waals surface area contributed by atoms with Crippen molar-refractivity contribution in [1.82, 2.24) is 0 Å². The Hall–Kier alpha value is -2.33. The third-order valence-corrected chi connectivity index (χ3v) is 4.16. The minimum absolute atomic E-state index is 0.293. The summed E-state index contributed by atoms with van der Waals surface area (Å²) in [6.07, 6.45) is 0. The summed E-state index contributed by atoms with van der Waals surface area (Å²) < 4.78 is 13.3. The van der Waals surface area contributed by atoms with E-state index in [1.165, 1.54) is 10.9 Å². The van der Waals surface area contributed by atoms with Crippen molar-refractivity contribution in [2.45, 2.75) is 6.54 Å². The number of halogens is 1. The number of para-hydroxylation sites is 2. The topological polar surface area (TPSA) is 32.3 Å². The predicted molar refractivity (Wildman–Crippen MR) is 85.1 cm³/mol. The van der Waals surface area contributed by atoms with E-state index in [1.54, 1.807) is 23.5 Å². The summed E-state index contributed by atoms with van der Waals surface area (Å²) in [5, 5.41) is 15.0. The Labute approximate surface area is 126 Å². The molecule has 0 amide bonds. The molecule has 4 heteroatoms. The second-order valence-corrected chi connectivity index (χ2v) is 5.57. The van der Waals surface area contributed by atoms with Gasteiger partial charge in [0.05, 0.1) is 0 Å². The monoisotopic (exact) mass is 299 g/mol. The van der Waals surface area contributed by atoms with Crippen molar-refractivity contribution in [2.24, 2.45) is 0 Å². The van der Waals surface area contributed by atoms with Gasteiger partial charge < -0.3 is 10.4 Å². The maximum Gasteiger partial charge on any atom is 0.165 e. The van der Waals surface area contributed by atoms with E-state index in [2.05, 4.69) is 11.4 Å². The number of phenolic OH excluding ortho intramolecular Hbond substituents is 1. The van der Waals surface area contributed by atoms with Gasteiger partial charge in [-0.05, 0) is 23.6 Å². The number of thiophene rings is 1. The van der Waals surface area contributed by atoms with Crippen LogP contribution in [0.1, 0.15) is 5.56 Å². The first-order valence-electron chi connectivity index (χ1n) is 6.59. The van der Waals surface area contributed by atoms with Crippen LogP contribution in [0.2, 0.25) is 0 Å². The standard InChI is InChI=1S/C17H14FNOS/c18-14-7-3-5-12(17(14)20)11-19-15-8-2-1-6-13(15)16-9-4-10-21-16/h1-10,19-20H,11H2. The van der Waals surface area contributed by atoms with Crippen molar-refractivity contribution in [3.05, 3.63) is 71.4 Å². The second kappa shape index (κ2) is 5.97. The molecular formula is C17H14FNOS. The summed E-state index contributed by atoms with van der Waals surface area (Å²) in [5.41, 5.74) is 2.60. The fraction of sp³-hybridized carbons (Fsp3) is 0.0588. The Morgan fingerprint density at radius 3 is 2.67 bits per heavy atom. The summed E-state index contributed by atoms with van der Waals surface area (Å²) in [7, 11) is 0. The molecule has 0 fully saturated rings. The zero-order valence-electron chi connectivity index (χ0n) is 11.2. The molecule has 0 bridgehead atoms. The molecule has 0 unspecified atom stereocenters. The van der Waals surface area contributed by atoms with Gasteiger partial charge in [-0.3, -0.25) is 0 Å². The molecule has 2 nitrogen and oxygen atoms in total. The molecule has 0 saturated carbocycles. The molecule has 3 rings (SSSR count). The number of hydrogen-bond acceptors (Lipinski definition) is 3. The predicted octanol–water partition coefficient (Wildman–Crippen LogP) is 4.87. The Morgan fingerprint density at radius 2 is 1.86 bits per heavy atom. The normalized spacial score (nSPS) is 10.5. The number of aromatic hydroxyl groups is 1. The summed E-state index contributed by atoms with van der Waals surface area (Å²) in [5.74, 6) is -0.889. The zero-order chi connectivity index (χ0) is 14.7. The SMILES string of the molecule is Oc1c(F)cccc1CNc1ccccc1-c1cccs1. The van der Waals surface area contributed by atoms with Crippen molar-refractivity contribution in [3.63, 3.8) is 0 Å². The van der Waals surface area contributed by atoms with E-state index in [1.807, 2.05) is 35.7 Å². The van der Waals surface area contributed by atoms with E-state index < -0.39 is 5.82 Å². The van der Waals surface area contributed by atoms with Crippen LogP contribution in [0.5, 0.6) is 5.75 Å². The number of phenols is 1. The fourth-order valence-electron chi connectivity index (χ4n) is 2.18. The van der Waals surface area contributed by atoms with Crippen LogP contribution < -0.4 is 5.32 Å². The maximum absolute atomic E-state index is 13.3. The average molecular weight is 299 g/mol. The van der Waals surface area contributed by atoms with Crippen LogP contribution in [-0.2, 0) is 6.54 Å². The molecule has 106 valence electrons. The number of rotatable bonds is 4. The first-order valence-corrected chi connectivity index (χ1v) is 7.47. The number of hydrogen-bond donors (Lipinski definition) is 2. The molecule has 2 N–H and O–H groups in total. The highest BCUT2D eigenvalue weighted by Gasteiger charge is 2.08. The van der Waals surface area contributed by atoms with Crippen LogP contribution >= 0.6 is 11.3 Å². The second-order valence-electron chi connectivity index (χ2n) is 4.62. The molecule has 3 aromatic rings. The van der Waals surface area contributed by atoms with Crippen LogP contribution in [0.4, 0.5) is 10.1 Å². The van der Waals surface area contributed by atoms with E-state index in [4.69, 9.17) is 0 Å². The summed E-state index contributed by atoms with van der Waals surface area (Å²) >= 11 is 1.67. The van der Waals surface area contributed by atoms with Crippen molar-refractivity contribution in [2.75, 3.05) is 5.32 Å². The lowest BCUT2D eigenvalue weighted by Crippen LogP contribution is -2.01. The van der Waals surface area contributed by atoms with E-state index in [9.17, 15) is 9.50 Å². The highest BCUT2D eigenvalue weighted by atomic mass is 32.1. The van der Waals surface area contributed by atoms with Gasteiger partial charge in [0.15, 0.2) is 11.6 Å². The van der Waals surface area contributed by atoms with Crippen LogP contribution in [0.3, 0.4) is 0 Å². The molecule has 1 heterocycles. The van der Waals surface area contributed by atoms with Crippen molar-refractivity contribution >= 4 is 17.0 Å². The van der Waals surface area contributed by atoms with Gasteiger partial charge in [0.2, 0.25) is 0 Å².